The maximum absolute atomic E-state index is 12.6. The molecule has 0 aliphatic rings. The second-order valence-electron chi connectivity index (χ2n) is 4.22. The topological polar surface area (TPSA) is 24.1 Å². The van der Waals surface area contributed by atoms with Gasteiger partial charge in [-0.3, -0.25) is 0 Å². The van der Waals surface area contributed by atoms with Crippen LogP contribution in [0.2, 0.25) is 0 Å². The fourth-order valence-electron chi connectivity index (χ4n) is 1.38. The summed E-state index contributed by atoms with van der Waals surface area (Å²) in [6.07, 6.45) is -14.8. The number of thiocarbonyl (C=S) groups is 1. The predicted octanol–water partition coefficient (Wildman–Crippen LogP) is 4.57. The minimum atomic E-state index is -5.07. The van der Waals surface area contributed by atoms with Gasteiger partial charge in [-0.25, -0.2) is 0 Å². The summed E-state index contributed by atoms with van der Waals surface area (Å²) in [6, 6.07) is 0.491. The van der Waals surface area contributed by atoms with Crippen molar-refractivity contribution in [1.29, 1.82) is 0 Å². The van der Waals surface area contributed by atoms with Gasteiger partial charge in [0.1, 0.15) is 6.54 Å². The molecule has 0 amide bonds. The average Bonchev–Trinajstić information content (AvgIpc) is 2.33. The Morgan fingerprint density at radius 2 is 1.26 bits per heavy atom. The normalized spacial score (nSPS) is 12.9. The molecule has 0 aliphatic carbocycles. The van der Waals surface area contributed by atoms with Crippen LogP contribution in [0.15, 0.2) is 18.2 Å². The van der Waals surface area contributed by atoms with Crippen LogP contribution in [0.3, 0.4) is 0 Å². The van der Waals surface area contributed by atoms with Crippen LogP contribution >= 0.6 is 12.2 Å². The van der Waals surface area contributed by atoms with E-state index in [1.807, 2.05) is 5.32 Å². The summed E-state index contributed by atoms with van der Waals surface area (Å²) >= 11 is 4.39. The number of rotatable bonds is 2. The molecule has 0 bridgehead atoms. The van der Waals surface area contributed by atoms with E-state index < -0.39 is 47.0 Å². The van der Waals surface area contributed by atoms with Gasteiger partial charge in [-0.2, -0.15) is 39.5 Å². The first-order valence-electron chi connectivity index (χ1n) is 5.59. The lowest BCUT2D eigenvalue weighted by Crippen LogP contribution is -2.36. The fourth-order valence-corrected chi connectivity index (χ4v) is 1.57. The molecule has 2 N–H and O–H groups in total. The van der Waals surface area contributed by atoms with E-state index >= 15 is 0 Å². The van der Waals surface area contributed by atoms with Crippen molar-refractivity contribution in [2.75, 3.05) is 11.9 Å². The molecule has 0 fully saturated rings. The maximum atomic E-state index is 12.6. The standard InChI is InChI=1S/C11H7F9N2S/c12-9(13,14)4-21-8(23)22-7-2-5(10(15,16)17)1-6(3-7)11(18,19)20/h1-3H,4H2,(H2,21,22,23). The first-order chi connectivity index (χ1) is 10.2. The van der Waals surface area contributed by atoms with Gasteiger partial charge >= 0.3 is 18.5 Å². The summed E-state index contributed by atoms with van der Waals surface area (Å²) in [5.74, 6) is 0. The molecule has 0 aliphatic heterocycles. The molecule has 1 aromatic rings. The third kappa shape index (κ3) is 6.50. The lowest BCUT2D eigenvalue weighted by Gasteiger charge is -2.16. The Hall–Kier alpha value is -1.72. The Morgan fingerprint density at radius 3 is 1.61 bits per heavy atom. The monoisotopic (exact) mass is 370 g/mol. The second-order valence-corrected chi connectivity index (χ2v) is 4.63. The molecule has 0 atom stereocenters. The van der Waals surface area contributed by atoms with Gasteiger partial charge in [0.2, 0.25) is 0 Å². The zero-order valence-electron chi connectivity index (χ0n) is 10.7. The van der Waals surface area contributed by atoms with Gasteiger partial charge in [0.15, 0.2) is 5.11 Å². The molecule has 0 aromatic heterocycles. The highest BCUT2D eigenvalue weighted by atomic mass is 32.1. The molecule has 1 aromatic carbocycles. The van der Waals surface area contributed by atoms with Crippen LogP contribution in [0, 0.1) is 0 Å². The smallest absolute Gasteiger partial charge is 0.353 e. The SMILES string of the molecule is FC(F)(F)CNC(=S)Nc1cc(C(F)(F)F)cc(C(F)(F)F)c1. The second kappa shape index (κ2) is 6.42. The highest BCUT2D eigenvalue weighted by molar-refractivity contribution is 7.80. The van der Waals surface area contributed by atoms with E-state index in [0.717, 1.165) is 0 Å². The molecule has 0 saturated carbocycles. The molecule has 130 valence electrons. The van der Waals surface area contributed by atoms with E-state index in [2.05, 4.69) is 12.2 Å². The van der Waals surface area contributed by atoms with Crippen LogP contribution in [0.25, 0.3) is 0 Å². The van der Waals surface area contributed by atoms with Gasteiger partial charge in [-0.15, -0.1) is 0 Å². The zero-order chi connectivity index (χ0) is 18.1. The van der Waals surface area contributed by atoms with E-state index in [-0.39, 0.29) is 6.07 Å². The molecule has 1 rings (SSSR count). The molecule has 2 nitrogen and oxygen atoms in total. The summed E-state index contributed by atoms with van der Waals surface area (Å²) in [7, 11) is 0. The average molecular weight is 370 g/mol. The molecule has 0 saturated heterocycles. The van der Waals surface area contributed by atoms with Crippen molar-refractivity contribution in [2.45, 2.75) is 18.5 Å². The van der Waals surface area contributed by atoms with E-state index in [1.165, 1.54) is 0 Å². The highest BCUT2D eigenvalue weighted by Gasteiger charge is 2.37. The Morgan fingerprint density at radius 1 is 0.826 bits per heavy atom. The van der Waals surface area contributed by atoms with Crippen LogP contribution in [0.5, 0.6) is 0 Å². The van der Waals surface area contributed by atoms with Crippen LogP contribution in [0.4, 0.5) is 45.2 Å². The molecule has 0 unspecified atom stereocenters. The summed E-state index contributed by atoms with van der Waals surface area (Å²) < 4.78 is 111. The summed E-state index contributed by atoms with van der Waals surface area (Å²) in [5, 5.41) is 2.71. The number of benzene rings is 1. The minimum absolute atomic E-state index is 0.114. The van der Waals surface area contributed by atoms with Crippen LogP contribution in [-0.2, 0) is 12.4 Å². The molecule has 0 radical (unpaired) electrons. The van der Waals surface area contributed by atoms with Gasteiger partial charge in [0, 0.05) is 5.69 Å². The Labute approximate surface area is 128 Å². The fraction of sp³-hybridized carbons (Fsp3) is 0.364. The van der Waals surface area contributed by atoms with Crippen LogP contribution in [0.1, 0.15) is 11.1 Å². The van der Waals surface area contributed by atoms with Crippen molar-refractivity contribution in [3.05, 3.63) is 29.3 Å². The third-order valence-electron chi connectivity index (χ3n) is 2.29. The van der Waals surface area contributed by atoms with E-state index in [1.54, 1.807) is 5.32 Å². The van der Waals surface area contributed by atoms with Crippen molar-refractivity contribution < 1.29 is 39.5 Å². The third-order valence-corrected chi connectivity index (χ3v) is 2.54. The largest absolute Gasteiger partial charge is 0.416 e. The zero-order valence-corrected chi connectivity index (χ0v) is 11.6. The van der Waals surface area contributed by atoms with Crippen LogP contribution < -0.4 is 10.6 Å². The number of alkyl halides is 9. The summed E-state index contributed by atoms with van der Waals surface area (Å²) in [4.78, 5) is 0. The summed E-state index contributed by atoms with van der Waals surface area (Å²) in [5.41, 5.74) is -3.98. The van der Waals surface area contributed by atoms with Gasteiger partial charge in [0.05, 0.1) is 11.1 Å². The number of hydrogen-bond acceptors (Lipinski definition) is 1. The molecule has 12 heteroatoms. The summed E-state index contributed by atoms with van der Waals surface area (Å²) in [6.45, 7) is -1.59. The Balaban J connectivity index is 3.04. The highest BCUT2D eigenvalue weighted by Crippen LogP contribution is 2.37. The number of hydrogen-bond donors (Lipinski definition) is 2. The Bertz CT molecular complexity index is 542. The predicted molar refractivity (Wildman–Crippen MR) is 66.7 cm³/mol. The van der Waals surface area contributed by atoms with Crippen molar-refractivity contribution in [3.8, 4) is 0 Å². The van der Waals surface area contributed by atoms with E-state index in [4.69, 9.17) is 0 Å². The molecular weight excluding hydrogens is 363 g/mol. The van der Waals surface area contributed by atoms with Crippen LogP contribution in [-0.4, -0.2) is 17.8 Å². The van der Waals surface area contributed by atoms with E-state index in [0.29, 0.717) is 12.1 Å². The number of anilines is 1. The molecular formula is C11H7F9N2S. The maximum Gasteiger partial charge on any atom is 0.416 e. The molecule has 0 heterocycles. The Kier molecular flexibility index (Phi) is 5.39. The molecule has 23 heavy (non-hydrogen) atoms. The lowest BCUT2D eigenvalue weighted by atomic mass is 10.1. The van der Waals surface area contributed by atoms with Gasteiger partial charge < -0.3 is 10.6 Å². The van der Waals surface area contributed by atoms with Gasteiger partial charge in [-0.1, -0.05) is 0 Å². The number of nitrogens with one attached hydrogen (secondary N) is 2. The van der Waals surface area contributed by atoms with Crippen molar-refractivity contribution >= 4 is 23.0 Å². The van der Waals surface area contributed by atoms with Crippen molar-refractivity contribution in [3.63, 3.8) is 0 Å². The van der Waals surface area contributed by atoms with Crippen molar-refractivity contribution in [1.82, 2.24) is 5.32 Å². The quantitative estimate of drug-likeness (QED) is 0.589. The van der Waals surface area contributed by atoms with Crippen molar-refractivity contribution in [2.24, 2.45) is 0 Å². The molecule has 0 spiro atoms. The first-order valence-corrected chi connectivity index (χ1v) is 6.00. The number of halogens is 9. The lowest BCUT2D eigenvalue weighted by molar-refractivity contribution is -0.143. The van der Waals surface area contributed by atoms with E-state index in [9.17, 15) is 39.5 Å². The van der Waals surface area contributed by atoms with Gasteiger partial charge in [0.25, 0.3) is 0 Å². The van der Waals surface area contributed by atoms with Gasteiger partial charge in [-0.05, 0) is 30.4 Å². The minimum Gasteiger partial charge on any atom is -0.353 e. The first kappa shape index (κ1) is 19.3.